The lowest BCUT2D eigenvalue weighted by Crippen LogP contribution is -2.41. The molecular weight excluding hydrogens is 441 g/mol. The number of carbonyl (C=O) groups is 1. The first-order valence-corrected chi connectivity index (χ1v) is 11.5. The molecule has 1 N–H and O–H groups in total. The molecule has 0 aliphatic heterocycles. The van der Waals surface area contributed by atoms with Crippen molar-refractivity contribution < 1.29 is 9.18 Å². The third-order valence-corrected chi connectivity index (χ3v) is 6.09. The molecule has 0 spiro atoms. The molecule has 9 heteroatoms. The van der Waals surface area contributed by atoms with Crippen LogP contribution in [-0.2, 0) is 11.2 Å². The zero-order valence-electron chi connectivity index (χ0n) is 19.5. The van der Waals surface area contributed by atoms with Crippen molar-refractivity contribution >= 4 is 22.2 Å². The molecule has 0 unspecified atom stereocenters. The van der Waals surface area contributed by atoms with Gasteiger partial charge >= 0.3 is 0 Å². The lowest BCUT2D eigenvalue weighted by molar-refractivity contribution is -0.121. The lowest BCUT2D eigenvalue weighted by Gasteiger charge is -2.20. The largest absolute Gasteiger partial charge is 0.351 e. The van der Waals surface area contributed by atoms with Gasteiger partial charge in [-0.1, -0.05) is 6.07 Å². The first kappa shape index (κ1) is 22.8. The minimum atomic E-state index is -0.368. The number of thiazole rings is 1. The molecule has 0 aliphatic rings. The quantitative estimate of drug-likeness (QED) is 0.489. The maximum Gasteiger partial charge on any atom is 0.268 e. The number of rotatable bonds is 4. The smallest absolute Gasteiger partial charge is 0.268 e. The Morgan fingerprint density at radius 1 is 1.18 bits per heavy atom. The topological polar surface area (TPSA) is 81.3 Å². The van der Waals surface area contributed by atoms with Crippen LogP contribution in [0.2, 0.25) is 0 Å². The number of nitrogens with zero attached hydrogens (tertiary/aromatic N) is 4. The maximum atomic E-state index is 13.9. The molecule has 33 heavy (non-hydrogen) atoms. The van der Waals surface area contributed by atoms with E-state index in [0.717, 1.165) is 11.3 Å². The van der Waals surface area contributed by atoms with E-state index in [4.69, 9.17) is 0 Å². The van der Waals surface area contributed by atoms with E-state index in [1.54, 1.807) is 29.1 Å². The first-order chi connectivity index (χ1) is 15.4. The van der Waals surface area contributed by atoms with Crippen molar-refractivity contribution in [1.82, 2.24) is 24.5 Å². The van der Waals surface area contributed by atoms with Crippen LogP contribution in [0.5, 0.6) is 0 Å². The maximum absolute atomic E-state index is 13.9. The van der Waals surface area contributed by atoms with Gasteiger partial charge in [-0.05, 0) is 65.3 Å². The van der Waals surface area contributed by atoms with Gasteiger partial charge in [-0.3, -0.25) is 14.0 Å². The molecule has 172 valence electrons. The van der Waals surface area contributed by atoms with Gasteiger partial charge in [0.2, 0.25) is 5.91 Å². The van der Waals surface area contributed by atoms with Gasteiger partial charge in [-0.15, -0.1) is 11.3 Å². The Bertz CT molecular complexity index is 1440. The molecular formula is C24H26FN5O2S. The summed E-state index contributed by atoms with van der Waals surface area (Å²) in [6.45, 7) is 11.2. The van der Waals surface area contributed by atoms with Crippen LogP contribution in [0.3, 0.4) is 0 Å². The summed E-state index contributed by atoms with van der Waals surface area (Å²) >= 11 is 1.32. The predicted molar refractivity (Wildman–Crippen MR) is 128 cm³/mol. The highest BCUT2D eigenvalue weighted by Crippen LogP contribution is 2.25. The van der Waals surface area contributed by atoms with Crippen molar-refractivity contribution in [1.29, 1.82) is 0 Å². The van der Waals surface area contributed by atoms with Crippen LogP contribution in [0.15, 0.2) is 34.4 Å². The van der Waals surface area contributed by atoms with Crippen LogP contribution < -0.4 is 10.9 Å². The van der Waals surface area contributed by atoms with Gasteiger partial charge in [-0.2, -0.15) is 5.10 Å². The molecule has 3 aromatic heterocycles. The summed E-state index contributed by atoms with van der Waals surface area (Å²) in [6, 6.07) is 6.31. The molecule has 0 radical (unpaired) electrons. The molecule has 0 aliphatic carbocycles. The number of aromatic nitrogens is 4. The standard InChI is InChI=1S/C24H26FN5O2S/c1-13-7-8-16(25)10-19(13)30-14(2)9-18(28-30)21-15(3)26-23-29(22(21)32)17(12-33-23)11-20(31)27-24(4,5)6/h7-10,12H,11H2,1-6H3,(H,27,31). The van der Waals surface area contributed by atoms with Gasteiger partial charge < -0.3 is 5.32 Å². The zero-order valence-corrected chi connectivity index (χ0v) is 20.3. The van der Waals surface area contributed by atoms with E-state index >= 15 is 0 Å². The summed E-state index contributed by atoms with van der Waals surface area (Å²) in [4.78, 5) is 31.2. The summed E-state index contributed by atoms with van der Waals surface area (Å²) in [5, 5.41) is 9.33. The number of halogens is 1. The second-order valence-corrected chi connectivity index (χ2v) is 10.0. The molecule has 1 aromatic carbocycles. The molecule has 4 rings (SSSR count). The number of aryl methyl sites for hydroxylation is 3. The summed E-state index contributed by atoms with van der Waals surface area (Å²) in [5.74, 6) is -0.527. The van der Waals surface area contributed by atoms with Gasteiger partial charge in [0.1, 0.15) is 11.5 Å². The number of benzene rings is 1. The van der Waals surface area contributed by atoms with Crippen molar-refractivity contribution in [3.05, 3.63) is 68.5 Å². The van der Waals surface area contributed by atoms with Gasteiger partial charge in [0.15, 0.2) is 4.96 Å². The van der Waals surface area contributed by atoms with E-state index in [2.05, 4.69) is 15.4 Å². The van der Waals surface area contributed by atoms with Crippen molar-refractivity contribution in [2.45, 2.75) is 53.5 Å². The molecule has 0 saturated carbocycles. The Hall–Kier alpha value is -3.33. The highest BCUT2D eigenvalue weighted by molar-refractivity contribution is 7.15. The molecule has 4 aromatic rings. The Labute approximate surface area is 194 Å². The molecule has 0 fully saturated rings. The van der Waals surface area contributed by atoms with E-state index in [9.17, 15) is 14.0 Å². The van der Waals surface area contributed by atoms with E-state index < -0.39 is 0 Å². The predicted octanol–water partition coefficient (Wildman–Crippen LogP) is 4.13. The Balaban J connectivity index is 1.82. The molecule has 0 bridgehead atoms. The van der Waals surface area contributed by atoms with E-state index in [1.807, 2.05) is 34.6 Å². The number of hydrogen-bond acceptors (Lipinski definition) is 5. The van der Waals surface area contributed by atoms with Gasteiger partial charge in [0.05, 0.1) is 23.4 Å². The minimum Gasteiger partial charge on any atom is -0.351 e. The van der Waals surface area contributed by atoms with Crippen molar-refractivity contribution in [2.24, 2.45) is 0 Å². The second-order valence-electron chi connectivity index (χ2n) is 9.21. The van der Waals surface area contributed by atoms with E-state index in [1.165, 1.54) is 27.9 Å². The SMILES string of the molecule is Cc1ccc(F)cc1-n1nc(-c2c(C)nc3scc(CC(=O)NC(C)(C)C)n3c2=O)cc1C. The van der Waals surface area contributed by atoms with Crippen molar-refractivity contribution in [3.63, 3.8) is 0 Å². The molecule has 0 atom stereocenters. The Morgan fingerprint density at radius 3 is 2.61 bits per heavy atom. The fourth-order valence-electron chi connectivity index (χ4n) is 3.80. The van der Waals surface area contributed by atoms with Crippen LogP contribution >= 0.6 is 11.3 Å². The molecule has 3 heterocycles. The fourth-order valence-corrected chi connectivity index (χ4v) is 4.73. The summed E-state index contributed by atoms with van der Waals surface area (Å²) in [6.07, 6.45) is 0.0668. The highest BCUT2D eigenvalue weighted by Gasteiger charge is 2.21. The van der Waals surface area contributed by atoms with Crippen LogP contribution in [0.25, 0.3) is 21.9 Å². The van der Waals surface area contributed by atoms with Crippen molar-refractivity contribution in [3.8, 4) is 16.9 Å². The summed E-state index contributed by atoms with van der Waals surface area (Å²) in [7, 11) is 0. The van der Waals surface area contributed by atoms with Gasteiger partial charge in [0, 0.05) is 22.3 Å². The first-order valence-electron chi connectivity index (χ1n) is 10.6. The van der Waals surface area contributed by atoms with E-state index in [0.29, 0.717) is 33.3 Å². The minimum absolute atomic E-state index is 0.0668. The second kappa shape index (κ2) is 8.22. The summed E-state index contributed by atoms with van der Waals surface area (Å²) in [5.41, 5.74) is 3.53. The molecule has 1 amide bonds. The third-order valence-electron chi connectivity index (χ3n) is 5.22. The van der Waals surface area contributed by atoms with E-state index in [-0.39, 0.29) is 29.2 Å². The number of fused-ring (bicyclic) bond motifs is 1. The number of nitrogens with one attached hydrogen (secondary N) is 1. The number of carbonyl (C=O) groups excluding carboxylic acids is 1. The van der Waals surface area contributed by atoms with Gasteiger partial charge in [-0.25, -0.2) is 14.1 Å². The van der Waals surface area contributed by atoms with Crippen molar-refractivity contribution in [2.75, 3.05) is 0 Å². The van der Waals surface area contributed by atoms with Crippen LogP contribution in [0, 0.1) is 26.6 Å². The third kappa shape index (κ3) is 4.45. The average molecular weight is 468 g/mol. The summed E-state index contributed by atoms with van der Waals surface area (Å²) < 4.78 is 17.0. The number of amides is 1. The zero-order chi connectivity index (χ0) is 24.1. The molecule has 0 saturated heterocycles. The fraction of sp³-hybridized carbons (Fsp3) is 0.333. The Morgan fingerprint density at radius 2 is 1.91 bits per heavy atom. The van der Waals surface area contributed by atoms with Crippen LogP contribution in [0.1, 0.15) is 43.4 Å². The number of hydrogen-bond donors (Lipinski definition) is 1. The highest BCUT2D eigenvalue weighted by atomic mass is 32.1. The normalized spacial score (nSPS) is 11.8. The average Bonchev–Trinajstić information content (AvgIpc) is 3.25. The molecule has 7 nitrogen and oxygen atoms in total. The lowest BCUT2D eigenvalue weighted by atomic mass is 10.1. The van der Waals surface area contributed by atoms with Crippen LogP contribution in [-0.4, -0.2) is 30.6 Å². The Kier molecular flexibility index (Phi) is 5.69. The monoisotopic (exact) mass is 467 g/mol. The van der Waals surface area contributed by atoms with Crippen LogP contribution in [0.4, 0.5) is 4.39 Å². The van der Waals surface area contributed by atoms with Gasteiger partial charge in [0.25, 0.3) is 5.56 Å².